The minimum absolute atomic E-state index is 0.0953. The maximum absolute atomic E-state index is 13.1. The number of methoxy groups -OCH3 is 2. The van der Waals surface area contributed by atoms with Gasteiger partial charge in [-0.15, -0.1) is 0 Å². The van der Waals surface area contributed by atoms with Gasteiger partial charge < -0.3 is 14.4 Å². The Balaban J connectivity index is 1.88. The summed E-state index contributed by atoms with van der Waals surface area (Å²) in [6, 6.07) is 12.1. The van der Waals surface area contributed by atoms with E-state index in [0.717, 1.165) is 41.0 Å². The average molecular weight is 339 g/mol. The summed E-state index contributed by atoms with van der Waals surface area (Å²) < 4.78 is 10.8. The highest BCUT2D eigenvalue weighted by Crippen LogP contribution is 2.33. The smallest absolute Gasteiger partial charge is 0.254 e. The van der Waals surface area contributed by atoms with Crippen molar-refractivity contribution in [1.29, 1.82) is 0 Å². The minimum Gasteiger partial charge on any atom is -0.497 e. The molecule has 4 heteroatoms. The van der Waals surface area contributed by atoms with Crippen LogP contribution < -0.4 is 9.47 Å². The van der Waals surface area contributed by atoms with E-state index in [1.54, 1.807) is 14.2 Å². The van der Waals surface area contributed by atoms with Crippen molar-refractivity contribution in [3.05, 3.63) is 58.7 Å². The Hall–Kier alpha value is -2.49. The zero-order valence-corrected chi connectivity index (χ0v) is 15.3. The number of aryl methyl sites for hydroxylation is 2. The van der Waals surface area contributed by atoms with Gasteiger partial charge in [-0.3, -0.25) is 4.79 Å². The lowest BCUT2D eigenvalue weighted by Gasteiger charge is -2.24. The molecule has 0 unspecified atom stereocenters. The molecule has 0 radical (unpaired) electrons. The molecule has 0 N–H and O–H groups in total. The van der Waals surface area contributed by atoms with E-state index in [-0.39, 0.29) is 5.91 Å². The fourth-order valence-electron chi connectivity index (χ4n) is 3.13. The van der Waals surface area contributed by atoms with E-state index in [0.29, 0.717) is 12.6 Å². The van der Waals surface area contributed by atoms with Gasteiger partial charge >= 0.3 is 0 Å². The molecule has 1 aliphatic rings. The zero-order valence-electron chi connectivity index (χ0n) is 15.3. The highest BCUT2D eigenvalue weighted by molar-refractivity contribution is 5.96. The summed E-state index contributed by atoms with van der Waals surface area (Å²) in [5.41, 5.74) is 3.97. The molecule has 1 aliphatic carbocycles. The van der Waals surface area contributed by atoms with E-state index in [9.17, 15) is 4.79 Å². The third-order valence-corrected chi connectivity index (χ3v) is 4.70. The number of hydrogen-bond donors (Lipinski definition) is 0. The van der Waals surface area contributed by atoms with E-state index >= 15 is 0 Å². The van der Waals surface area contributed by atoms with Crippen LogP contribution in [0, 0.1) is 13.8 Å². The van der Waals surface area contributed by atoms with Crippen molar-refractivity contribution >= 4 is 5.91 Å². The Morgan fingerprint density at radius 1 is 1.08 bits per heavy atom. The first kappa shape index (κ1) is 17.3. The van der Waals surface area contributed by atoms with E-state index in [4.69, 9.17) is 9.47 Å². The molecule has 0 heterocycles. The van der Waals surface area contributed by atoms with Crippen molar-refractivity contribution in [2.24, 2.45) is 0 Å². The molecule has 0 aliphatic heterocycles. The summed E-state index contributed by atoms with van der Waals surface area (Å²) in [6.07, 6.45) is 2.13. The Kier molecular flexibility index (Phi) is 4.98. The van der Waals surface area contributed by atoms with Crippen LogP contribution >= 0.6 is 0 Å². The Bertz CT molecular complexity index is 781. The van der Waals surface area contributed by atoms with Crippen LogP contribution in [0.2, 0.25) is 0 Å². The van der Waals surface area contributed by atoms with Gasteiger partial charge in [0, 0.05) is 29.8 Å². The molecule has 2 aromatic carbocycles. The predicted octanol–water partition coefficient (Wildman–Crippen LogP) is 4.13. The third kappa shape index (κ3) is 3.78. The number of hydrogen-bond acceptors (Lipinski definition) is 3. The van der Waals surface area contributed by atoms with Crippen LogP contribution in [0.3, 0.4) is 0 Å². The molecule has 25 heavy (non-hydrogen) atoms. The first-order valence-corrected chi connectivity index (χ1v) is 8.62. The highest BCUT2D eigenvalue weighted by Gasteiger charge is 2.34. The maximum Gasteiger partial charge on any atom is 0.254 e. The second-order valence-corrected chi connectivity index (χ2v) is 6.66. The summed E-state index contributed by atoms with van der Waals surface area (Å²) >= 11 is 0. The normalized spacial score (nSPS) is 13.4. The van der Waals surface area contributed by atoms with E-state index in [1.807, 2.05) is 49.1 Å². The molecule has 0 atom stereocenters. The fourth-order valence-corrected chi connectivity index (χ4v) is 3.13. The minimum atomic E-state index is 0.0953. The second kappa shape index (κ2) is 7.18. The van der Waals surface area contributed by atoms with Crippen LogP contribution in [0.15, 0.2) is 36.4 Å². The molecule has 4 nitrogen and oxygen atoms in total. The number of rotatable bonds is 6. The van der Waals surface area contributed by atoms with Gasteiger partial charge in [-0.25, -0.2) is 0 Å². The lowest BCUT2D eigenvalue weighted by atomic mass is 10.0. The number of nitrogens with zero attached hydrogens (tertiary/aromatic N) is 1. The van der Waals surface area contributed by atoms with Gasteiger partial charge in [0.2, 0.25) is 0 Å². The topological polar surface area (TPSA) is 38.8 Å². The molecule has 0 saturated heterocycles. The molecule has 132 valence electrons. The molecule has 3 rings (SSSR count). The average Bonchev–Trinajstić information content (AvgIpc) is 3.44. The number of amides is 1. The molecule has 0 bridgehead atoms. The first-order valence-electron chi connectivity index (χ1n) is 8.62. The molecule has 2 aromatic rings. The van der Waals surface area contributed by atoms with Crippen molar-refractivity contribution in [3.8, 4) is 11.5 Å². The molecule has 1 saturated carbocycles. The summed E-state index contributed by atoms with van der Waals surface area (Å²) in [6.45, 7) is 4.59. The van der Waals surface area contributed by atoms with Crippen molar-refractivity contribution in [2.45, 2.75) is 39.3 Å². The second-order valence-electron chi connectivity index (χ2n) is 6.66. The summed E-state index contributed by atoms with van der Waals surface area (Å²) in [4.78, 5) is 15.1. The molecular formula is C21H25NO3. The van der Waals surface area contributed by atoms with Crippen molar-refractivity contribution < 1.29 is 14.3 Å². The number of carbonyl (C=O) groups is 1. The van der Waals surface area contributed by atoms with Gasteiger partial charge in [-0.2, -0.15) is 0 Å². The lowest BCUT2D eigenvalue weighted by molar-refractivity contribution is 0.0728. The molecule has 0 spiro atoms. The molecule has 1 amide bonds. The van der Waals surface area contributed by atoms with Crippen LogP contribution in [0.5, 0.6) is 11.5 Å². The summed E-state index contributed by atoms with van der Waals surface area (Å²) in [5, 5.41) is 0. The SMILES string of the molecule is COc1ccc(CN(C(=O)c2ccc(C)cc2C)C2CC2)c(OC)c1. The molecule has 1 fully saturated rings. The van der Waals surface area contributed by atoms with E-state index in [1.165, 1.54) is 5.56 Å². The standard InChI is InChI=1S/C21H25NO3/c1-14-5-10-19(15(2)11-14)21(23)22(17-7-8-17)13-16-6-9-18(24-3)12-20(16)25-4/h5-6,9-12,17H,7-8,13H2,1-4H3. The van der Waals surface area contributed by atoms with Gasteiger partial charge in [-0.1, -0.05) is 17.7 Å². The zero-order chi connectivity index (χ0) is 18.0. The van der Waals surface area contributed by atoms with Crippen molar-refractivity contribution in [3.63, 3.8) is 0 Å². The Morgan fingerprint density at radius 3 is 2.44 bits per heavy atom. The summed E-state index contributed by atoms with van der Waals surface area (Å²) in [5.74, 6) is 1.59. The Labute approximate surface area is 149 Å². The Morgan fingerprint density at radius 2 is 1.84 bits per heavy atom. The molecular weight excluding hydrogens is 314 g/mol. The number of benzene rings is 2. The van der Waals surface area contributed by atoms with Gasteiger partial charge in [0.25, 0.3) is 5.91 Å². The maximum atomic E-state index is 13.1. The summed E-state index contributed by atoms with van der Waals surface area (Å²) in [7, 11) is 3.28. The largest absolute Gasteiger partial charge is 0.497 e. The van der Waals surface area contributed by atoms with Crippen LogP contribution in [0.25, 0.3) is 0 Å². The molecule has 0 aromatic heterocycles. The van der Waals surface area contributed by atoms with E-state index < -0.39 is 0 Å². The van der Waals surface area contributed by atoms with Crippen LogP contribution in [0.1, 0.15) is 39.9 Å². The van der Waals surface area contributed by atoms with Crippen LogP contribution in [0.4, 0.5) is 0 Å². The third-order valence-electron chi connectivity index (χ3n) is 4.70. The van der Waals surface area contributed by atoms with Crippen LogP contribution in [-0.4, -0.2) is 31.1 Å². The first-order chi connectivity index (χ1) is 12.0. The van der Waals surface area contributed by atoms with Gasteiger partial charge in [0.1, 0.15) is 11.5 Å². The fraction of sp³-hybridized carbons (Fsp3) is 0.381. The van der Waals surface area contributed by atoms with Gasteiger partial charge in [0.15, 0.2) is 0 Å². The lowest BCUT2D eigenvalue weighted by Crippen LogP contribution is -2.33. The number of carbonyl (C=O) groups excluding carboxylic acids is 1. The predicted molar refractivity (Wildman–Crippen MR) is 98.4 cm³/mol. The van der Waals surface area contributed by atoms with Crippen molar-refractivity contribution in [2.75, 3.05) is 14.2 Å². The quantitative estimate of drug-likeness (QED) is 0.794. The number of ether oxygens (including phenoxy) is 2. The van der Waals surface area contributed by atoms with Gasteiger partial charge in [0.05, 0.1) is 14.2 Å². The van der Waals surface area contributed by atoms with Crippen LogP contribution in [-0.2, 0) is 6.54 Å². The monoisotopic (exact) mass is 339 g/mol. The van der Waals surface area contributed by atoms with Crippen molar-refractivity contribution in [1.82, 2.24) is 4.90 Å². The van der Waals surface area contributed by atoms with E-state index in [2.05, 4.69) is 6.07 Å². The highest BCUT2D eigenvalue weighted by atomic mass is 16.5. The van der Waals surface area contributed by atoms with Gasteiger partial charge in [-0.05, 0) is 50.5 Å².